The molecule has 1 saturated heterocycles. The highest BCUT2D eigenvalue weighted by molar-refractivity contribution is 5.96. The van der Waals surface area contributed by atoms with Crippen LogP contribution in [0.15, 0.2) is 18.2 Å². The smallest absolute Gasteiger partial charge is 0.340 e. The molecule has 1 unspecified atom stereocenters. The number of anilines is 2. The first-order valence-corrected chi connectivity index (χ1v) is 6.41. The number of nitrogens with two attached hydrogens (primary N) is 1. The van der Waals surface area contributed by atoms with Crippen molar-refractivity contribution in [3.63, 3.8) is 0 Å². The van der Waals surface area contributed by atoms with E-state index in [0.29, 0.717) is 11.3 Å². The van der Waals surface area contributed by atoms with Gasteiger partial charge < -0.3 is 20.1 Å². The Balaban J connectivity index is 2.22. The van der Waals surface area contributed by atoms with Crippen LogP contribution in [0.3, 0.4) is 0 Å². The van der Waals surface area contributed by atoms with Crippen LogP contribution >= 0.6 is 0 Å². The molecule has 1 aromatic carbocycles. The standard InChI is InChI=1S/C14H20N2O3/c1-18-11-4-3-7-16(9-11)10-5-6-13(15)12(8-10)14(17)19-2/h5-6,8,11H,3-4,7,9,15H2,1-2H3. The fourth-order valence-corrected chi connectivity index (χ4v) is 2.39. The zero-order chi connectivity index (χ0) is 13.8. The average molecular weight is 264 g/mol. The molecule has 0 saturated carbocycles. The van der Waals surface area contributed by atoms with Crippen LogP contribution in [0.4, 0.5) is 11.4 Å². The lowest BCUT2D eigenvalue weighted by atomic mass is 10.1. The van der Waals surface area contributed by atoms with E-state index in [4.69, 9.17) is 15.2 Å². The summed E-state index contributed by atoms with van der Waals surface area (Å²) >= 11 is 0. The van der Waals surface area contributed by atoms with Gasteiger partial charge in [0.05, 0.1) is 18.8 Å². The fourth-order valence-electron chi connectivity index (χ4n) is 2.39. The summed E-state index contributed by atoms with van der Waals surface area (Å²) in [5.74, 6) is -0.403. The van der Waals surface area contributed by atoms with Gasteiger partial charge in [0.1, 0.15) is 0 Å². The molecule has 0 aliphatic carbocycles. The number of carbonyl (C=O) groups excluding carboxylic acids is 1. The second kappa shape index (κ2) is 5.93. The van der Waals surface area contributed by atoms with Crippen LogP contribution in [0.25, 0.3) is 0 Å². The van der Waals surface area contributed by atoms with E-state index in [1.54, 1.807) is 19.2 Å². The van der Waals surface area contributed by atoms with Crippen molar-refractivity contribution in [3.8, 4) is 0 Å². The minimum absolute atomic E-state index is 0.243. The largest absolute Gasteiger partial charge is 0.465 e. The third-order valence-electron chi connectivity index (χ3n) is 3.52. The van der Waals surface area contributed by atoms with Crippen molar-refractivity contribution in [2.75, 3.05) is 37.9 Å². The molecule has 0 spiro atoms. The van der Waals surface area contributed by atoms with E-state index in [1.165, 1.54) is 7.11 Å². The molecular formula is C14H20N2O3. The SMILES string of the molecule is COC(=O)c1cc(N2CCCC(OC)C2)ccc1N. The Kier molecular flexibility index (Phi) is 4.27. The zero-order valence-corrected chi connectivity index (χ0v) is 11.4. The first-order chi connectivity index (χ1) is 9.15. The number of ether oxygens (including phenoxy) is 2. The van der Waals surface area contributed by atoms with Gasteiger partial charge in [-0.05, 0) is 31.0 Å². The molecule has 2 rings (SSSR count). The summed E-state index contributed by atoms with van der Waals surface area (Å²) in [7, 11) is 3.09. The molecule has 5 heteroatoms. The molecule has 104 valence electrons. The molecule has 1 fully saturated rings. The monoisotopic (exact) mass is 264 g/mol. The number of nitrogen functional groups attached to an aromatic ring is 1. The van der Waals surface area contributed by atoms with Crippen LogP contribution in [0.2, 0.25) is 0 Å². The first kappa shape index (κ1) is 13.7. The molecule has 0 radical (unpaired) electrons. The van der Waals surface area contributed by atoms with Gasteiger partial charge in [-0.15, -0.1) is 0 Å². The maximum absolute atomic E-state index is 11.6. The van der Waals surface area contributed by atoms with Crippen LogP contribution in [0.5, 0.6) is 0 Å². The number of methoxy groups -OCH3 is 2. The Labute approximate surface area is 113 Å². The van der Waals surface area contributed by atoms with Crippen molar-refractivity contribution >= 4 is 17.3 Å². The van der Waals surface area contributed by atoms with E-state index in [9.17, 15) is 4.79 Å². The molecule has 1 aliphatic heterocycles. The van der Waals surface area contributed by atoms with Crippen molar-refractivity contribution < 1.29 is 14.3 Å². The summed E-state index contributed by atoms with van der Waals surface area (Å²) in [6, 6.07) is 5.47. The summed E-state index contributed by atoms with van der Waals surface area (Å²) < 4.78 is 10.1. The lowest BCUT2D eigenvalue weighted by molar-refractivity contribution is 0.0602. The minimum atomic E-state index is -0.403. The summed E-state index contributed by atoms with van der Waals surface area (Å²) in [5, 5.41) is 0. The molecule has 1 heterocycles. The lowest BCUT2D eigenvalue weighted by Crippen LogP contribution is -2.39. The molecule has 1 aromatic rings. The molecule has 1 atom stereocenters. The first-order valence-electron chi connectivity index (χ1n) is 6.41. The second-order valence-electron chi connectivity index (χ2n) is 4.71. The minimum Gasteiger partial charge on any atom is -0.465 e. The van der Waals surface area contributed by atoms with Crippen LogP contribution in [-0.2, 0) is 9.47 Å². The van der Waals surface area contributed by atoms with Crippen molar-refractivity contribution in [2.24, 2.45) is 0 Å². The van der Waals surface area contributed by atoms with Gasteiger partial charge in [0.15, 0.2) is 0 Å². The normalized spacial score (nSPS) is 19.3. The lowest BCUT2D eigenvalue weighted by Gasteiger charge is -2.33. The van der Waals surface area contributed by atoms with Gasteiger partial charge >= 0.3 is 5.97 Å². The molecular weight excluding hydrogens is 244 g/mol. The van der Waals surface area contributed by atoms with Crippen molar-refractivity contribution in [1.82, 2.24) is 0 Å². The highest BCUT2D eigenvalue weighted by Crippen LogP contribution is 2.25. The summed E-state index contributed by atoms with van der Waals surface area (Å²) in [5.41, 5.74) is 7.64. The van der Waals surface area contributed by atoms with Gasteiger partial charge in [0.25, 0.3) is 0 Å². The topological polar surface area (TPSA) is 64.8 Å². The second-order valence-corrected chi connectivity index (χ2v) is 4.71. The van der Waals surface area contributed by atoms with Crippen LogP contribution in [-0.4, -0.2) is 39.4 Å². The number of rotatable bonds is 3. The number of hydrogen-bond acceptors (Lipinski definition) is 5. The van der Waals surface area contributed by atoms with E-state index < -0.39 is 5.97 Å². The Morgan fingerprint density at radius 1 is 1.42 bits per heavy atom. The van der Waals surface area contributed by atoms with Gasteiger partial charge in [0.2, 0.25) is 0 Å². The zero-order valence-electron chi connectivity index (χ0n) is 11.4. The number of carbonyl (C=O) groups is 1. The number of esters is 1. The number of benzene rings is 1. The third-order valence-corrected chi connectivity index (χ3v) is 3.52. The van der Waals surface area contributed by atoms with E-state index in [1.807, 2.05) is 6.07 Å². The molecule has 1 aliphatic rings. The maximum atomic E-state index is 11.6. The molecule has 0 aromatic heterocycles. The van der Waals surface area contributed by atoms with Gasteiger partial charge in [-0.3, -0.25) is 0 Å². The van der Waals surface area contributed by atoms with Gasteiger partial charge in [-0.1, -0.05) is 0 Å². The number of hydrogen-bond donors (Lipinski definition) is 1. The maximum Gasteiger partial charge on any atom is 0.340 e. The van der Waals surface area contributed by atoms with Crippen molar-refractivity contribution in [2.45, 2.75) is 18.9 Å². The Morgan fingerprint density at radius 2 is 2.21 bits per heavy atom. The fraction of sp³-hybridized carbons (Fsp3) is 0.500. The quantitative estimate of drug-likeness (QED) is 0.664. The highest BCUT2D eigenvalue weighted by Gasteiger charge is 2.21. The molecule has 0 bridgehead atoms. The summed E-state index contributed by atoms with van der Waals surface area (Å²) in [6.07, 6.45) is 2.40. The predicted octanol–water partition coefficient (Wildman–Crippen LogP) is 1.67. The van der Waals surface area contributed by atoms with Gasteiger partial charge in [0, 0.05) is 31.6 Å². The average Bonchev–Trinajstić information content (AvgIpc) is 2.47. The third kappa shape index (κ3) is 2.98. The van der Waals surface area contributed by atoms with Gasteiger partial charge in [-0.25, -0.2) is 4.79 Å². The van der Waals surface area contributed by atoms with Crippen LogP contribution in [0, 0.1) is 0 Å². The van der Waals surface area contributed by atoms with Crippen molar-refractivity contribution in [3.05, 3.63) is 23.8 Å². The predicted molar refractivity (Wildman–Crippen MR) is 74.4 cm³/mol. The summed E-state index contributed by atoms with van der Waals surface area (Å²) in [6.45, 7) is 1.80. The van der Waals surface area contributed by atoms with Gasteiger partial charge in [-0.2, -0.15) is 0 Å². The molecule has 2 N–H and O–H groups in total. The van der Waals surface area contributed by atoms with E-state index in [-0.39, 0.29) is 6.10 Å². The summed E-state index contributed by atoms with van der Waals surface area (Å²) in [4.78, 5) is 13.9. The number of nitrogens with zero attached hydrogens (tertiary/aromatic N) is 1. The van der Waals surface area contributed by atoms with E-state index in [2.05, 4.69) is 4.90 Å². The molecule has 19 heavy (non-hydrogen) atoms. The van der Waals surface area contributed by atoms with Crippen molar-refractivity contribution in [1.29, 1.82) is 0 Å². The Bertz CT molecular complexity index is 462. The number of piperidine rings is 1. The molecule has 5 nitrogen and oxygen atoms in total. The Hall–Kier alpha value is -1.75. The van der Waals surface area contributed by atoms with Crippen LogP contribution < -0.4 is 10.6 Å². The van der Waals surface area contributed by atoms with Crippen LogP contribution in [0.1, 0.15) is 23.2 Å². The van der Waals surface area contributed by atoms with E-state index >= 15 is 0 Å². The highest BCUT2D eigenvalue weighted by atomic mass is 16.5. The molecule has 0 amide bonds. The Morgan fingerprint density at radius 3 is 2.89 bits per heavy atom. The van der Waals surface area contributed by atoms with E-state index in [0.717, 1.165) is 31.6 Å².